The topological polar surface area (TPSA) is 12.0 Å². The van der Waals surface area contributed by atoms with Gasteiger partial charge in [0.15, 0.2) is 0 Å². The first-order chi connectivity index (χ1) is 10.5. The lowest BCUT2D eigenvalue weighted by Gasteiger charge is -2.15. The van der Waals surface area contributed by atoms with Crippen LogP contribution in [-0.2, 0) is 0 Å². The molecule has 0 aromatic heterocycles. The van der Waals surface area contributed by atoms with Crippen molar-refractivity contribution in [2.45, 2.75) is 26.8 Å². The average Bonchev–Trinajstić information content (AvgIpc) is 2.53. The van der Waals surface area contributed by atoms with Gasteiger partial charge in [-0.05, 0) is 50.1 Å². The molecule has 1 atom stereocenters. The van der Waals surface area contributed by atoms with Crippen molar-refractivity contribution < 1.29 is 0 Å². The van der Waals surface area contributed by atoms with E-state index in [2.05, 4.69) is 87.3 Å². The molecule has 0 aliphatic carbocycles. The van der Waals surface area contributed by atoms with Crippen molar-refractivity contribution in [1.29, 1.82) is 0 Å². The number of aryl methyl sites for hydroxylation is 2. The van der Waals surface area contributed by atoms with Crippen molar-refractivity contribution in [1.82, 2.24) is 5.32 Å². The number of hydrogen-bond donors (Lipinski definition) is 1. The quantitative estimate of drug-likeness (QED) is 0.764. The number of nitrogens with one attached hydrogen (secondary N) is 1. The van der Waals surface area contributed by atoms with Crippen LogP contribution in [0.4, 0.5) is 0 Å². The predicted octanol–water partition coefficient (Wildman–Crippen LogP) is 5.01. The second-order valence-electron chi connectivity index (χ2n) is 5.87. The highest BCUT2D eigenvalue weighted by molar-refractivity contribution is 6.04. The molecule has 0 bridgehead atoms. The molecule has 0 amide bonds. The van der Waals surface area contributed by atoms with Crippen molar-refractivity contribution in [3.63, 3.8) is 0 Å². The Hall–Kier alpha value is -2.12. The first kappa shape index (κ1) is 16.3. The van der Waals surface area contributed by atoms with E-state index in [9.17, 15) is 0 Å². The van der Waals surface area contributed by atoms with Crippen LogP contribution < -0.4 is 5.32 Å². The van der Waals surface area contributed by atoms with Crippen molar-refractivity contribution in [2.24, 2.45) is 0 Å². The van der Waals surface area contributed by atoms with E-state index < -0.39 is 0 Å². The fourth-order valence-corrected chi connectivity index (χ4v) is 2.35. The third kappa shape index (κ3) is 3.96. The molecule has 0 aliphatic heterocycles. The van der Waals surface area contributed by atoms with Crippen LogP contribution in [0.2, 0.25) is 0 Å². The third-order valence-corrected chi connectivity index (χ3v) is 3.96. The van der Waals surface area contributed by atoms with Crippen LogP contribution in [0.1, 0.15) is 29.2 Å². The summed E-state index contributed by atoms with van der Waals surface area (Å²) in [5.41, 5.74) is 7.15. The van der Waals surface area contributed by atoms with Gasteiger partial charge in [-0.2, -0.15) is 0 Å². The third-order valence-electron chi connectivity index (χ3n) is 3.96. The van der Waals surface area contributed by atoms with Gasteiger partial charge in [-0.25, -0.2) is 0 Å². The van der Waals surface area contributed by atoms with E-state index in [0.717, 1.165) is 5.57 Å². The van der Waals surface area contributed by atoms with Crippen LogP contribution in [-0.4, -0.2) is 13.1 Å². The summed E-state index contributed by atoms with van der Waals surface area (Å²) in [4.78, 5) is 0. The standard InChI is InChI=1S/C21H25N/c1-15-6-10-19(11-7-15)18(4)21(14-17(3)22-5)20-12-8-16(2)9-13-20/h6-14,17,22H,4H2,1-3,5H3/b21-14+. The largest absolute Gasteiger partial charge is 0.314 e. The molecule has 0 fully saturated rings. The van der Waals surface area contributed by atoms with Crippen LogP contribution >= 0.6 is 0 Å². The van der Waals surface area contributed by atoms with Gasteiger partial charge in [0.1, 0.15) is 0 Å². The van der Waals surface area contributed by atoms with Gasteiger partial charge in [0, 0.05) is 6.04 Å². The van der Waals surface area contributed by atoms with Crippen molar-refractivity contribution >= 4 is 11.1 Å². The zero-order chi connectivity index (χ0) is 16.1. The summed E-state index contributed by atoms with van der Waals surface area (Å²) >= 11 is 0. The minimum atomic E-state index is 0.290. The van der Waals surface area contributed by atoms with Gasteiger partial charge in [-0.15, -0.1) is 0 Å². The molecule has 22 heavy (non-hydrogen) atoms. The minimum absolute atomic E-state index is 0.290. The average molecular weight is 291 g/mol. The Morgan fingerprint density at radius 1 is 0.909 bits per heavy atom. The fraction of sp³-hybridized carbons (Fsp3) is 0.238. The predicted molar refractivity (Wildman–Crippen MR) is 97.9 cm³/mol. The molecule has 0 aliphatic rings. The maximum Gasteiger partial charge on any atom is 0.0227 e. The molecule has 2 aromatic rings. The number of hydrogen-bond acceptors (Lipinski definition) is 1. The molecule has 0 saturated heterocycles. The molecular weight excluding hydrogens is 266 g/mol. The maximum absolute atomic E-state index is 4.35. The summed E-state index contributed by atoms with van der Waals surface area (Å²) < 4.78 is 0. The Bertz CT molecular complexity index is 660. The van der Waals surface area contributed by atoms with Gasteiger partial charge >= 0.3 is 0 Å². The molecular formula is C21H25N. The SMILES string of the molecule is C=C(/C(=C\C(C)NC)c1ccc(C)cc1)c1ccc(C)cc1. The zero-order valence-electron chi connectivity index (χ0n) is 14.0. The van der Waals surface area contributed by atoms with E-state index in [1.54, 1.807) is 0 Å². The molecule has 0 saturated carbocycles. The molecule has 1 unspecified atom stereocenters. The van der Waals surface area contributed by atoms with Crippen LogP contribution in [0.3, 0.4) is 0 Å². The Morgan fingerprint density at radius 3 is 1.82 bits per heavy atom. The van der Waals surface area contributed by atoms with Crippen LogP contribution in [0.15, 0.2) is 61.2 Å². The van der Waals surface area contributed by atoms with Crippen LogP contribution in [0, 0.1) is 13.8 Å². The second kappa shape index (κ2) is 7.24. The van der Waals surface area contributed by atoms with E-state index in [0.29, 0.717) is 6.04 Å². The Morgan fingerprint density at radius 2 is 1.36 bits per heavy atom. The van der Waals surface area contributed by atoms with E-state index >= 15 is 0 Å². The zero-order valence-corrected chi connectivity index (χ0v) is 14.0. The van der Waals surface area contributed by atoms with Crippen molar-refractivity contribution in [3.8, 4) is 0 Å². The van der Waals surface area contributed by atoms with Crippen molar-refractivity contribution in [3.05, 3.63) is 83.4 Å². The number of allylic oxidation sites excluding steroid dienone is 2. The van der Waals surface area contributed by atoms with Crippen LogP contribution in [0.25, 0.3) is 11.1 Å². The summed E-state index contributed by atoms with van der Waals surface area (Å²) in [6, 6.07) is 17.5. The molecule has 0 spiro atoms. The maximum atomic E-state index is 4.35. The van der Waals surface area contributed by atoms with E-state index in [-0.39, 0.29) is 0 Å². The Kier molecular flexibility index (Phi) is 5.35. The lowest BCUT2D eigenvalue weighted by atomic mass is 9.91. The van der Waals surface area contributed by atoms with Crippen LogP contribution in [0.5, 0.6) is 0 Å². The van der Waals surface area contributed by atoms with Gasteiger partial charge in [-0.3, -0.25) is 0 Å². The fourth-order valence-electron chi connectivity index (χ4n) is 2.35. The van der Waals surface area contributed by atoms with Gasteiger partial charge in [0.25, 0.3) is 0 Å². The van der Waals surface area contributed by atoms with Gasteiger partial charge < -0.3 is 5.32 Å². The summed E-state index contributed by atoms with van der Waals surface area (Å²) in [6.07, 6.45) is 2.24. The van der Waals surface area contributed by atoms with E-state index in [1.165, 1.54) is 27.8 Å². The first-order valence-electron chi connectivity index (χ1n) is 7.73. The highest BCUT2D eigenvalue weighted by Crippen LogP contribution is 2.30. The number of rotatable bonds is 5. The lowest BCUT2D eigenvalue weighted by Crippen LogP contribution is -2.18. The van der Waals surface area contributed by atoms with E-state index in [1.807, 2.05) is 7.05 Å². The molecule has 1 heteroatoms. The summed E-state index contributed by atoms with van der Waals surface area (Å²) in [5, 5.41) is 3.27. The molecule has 2 rings (SSSR count). The second-order valence-corrected chi connectivity index (χ2v) is 5.87. The summed E-state index contributed by atoms with van der Waals surface area (Å²) in [5.74, 6) is 0. The van der Waals surface area contributed by atoms with Crippen molar-refractivity contribution in [2.75, 3.05) is 7.05 Å². The Labute approximate surface area is 134 Å². The Balaban J connectivity index is 2.44. The molecule has 114 valence electrons. The normalized spacial score (nSPS) is 13.0. The summed E-state index contributed by atoms with van der Waals surface area (Å²) in [7, 11) is 1.97. The number of likely N-dealkylation sites (N-methyl/N-ethyl adjacent to an activating group) is 1. The molecule has 0 radical (unpaired) electrons. The van der Waals surface area contributed by atoms with Gasteiger partial charge in [0.2, 0.25) is 0 Å². The van der Waals surface area contributed by atoms with Gasteiger partial charge in [0.05, 0.1) is 0 Å². The molecule has 1 nitrogen and oxygen atoms in total. The molecule has 0 heterocycles. The van der Waals surface area contributed by atoms with E-state index in [4.69, 9.17) is 0 Å². The number of benzene rings is 2. The van der Waals surface area contributed by atoms with Gasteiger partial charge in [-0.1, -0.05) is 72.3 Å². The minimum Gasteiger partial charge on any atom is -0.314 e. The molecule has 1 N–H and O–H groups in total. The summed E-state index contributed by atoms with van der Waals surface area (Å²) in [6.45, 7) is 10.7. The highest BCUT2D eigenvalue weighted by Gasteiger charge is 2.10. The monoisotopic (exact) mass is 291 g/mol. The molecule has 2 aromatic carbocycles. The lowest BCUT2D eigenvalue weighted by molar-refractivity contribution is 0.730. The highest BCUT2D eigenvalue weighted by atomic mass is 14.8. The first-order valence-corrected chi connectivity index (χ1v) is 7.73. The smallest absolute Gasteiger partial charge is 0.0227 e.